The van der Waals surface area contributed by atoms with Gasteiger partial charge in [0.1, 0.15) is 0 Å². The van der Waals surface area contributed by atoms with Crippen molar-refractivity contribution in [2.24, 2.45) is 5.41 Å². The van der Waals surface area contributed by atoms with E-state index in [1.165, 1.54) is 4.90 Å². The highest BCUT2D eigenvalue weighted by Gasteiger charge is 2.32. The summed E-state index contributed by atoms with van der Waals surface area (Å²) in [5.74, 6) is 0.131. The lowest BCUT2D eigenvalue weighted by Crippen LogP contribution is -2.51. The molecule has 0 saturated carbocycles. The van der Waals surface area contributed by atoms with E-state index in [0.29, 0.717) is 32.7 Å². The zero-order valence-electron chi connectivity index (χ0n) is 11.2. The Hall–Kier alpha value is -0.620. The zero-order valence-corrected chi connectivity index (χ0v) is 11.2. The van der Waals surface area contributed by atoms with Gasteiger partial charge in [0.2, 0.25) is 0 Å². The molecule has 1 fully saturated rings. The van der Waals surface area contributed by atoms with Crippen LogP contribution in [0.25, 0.3) is 0 Å². The summed E-state index contributed by atoms with van der Waals surface area (Å²) in [6.07, 6.45) is -4.14. The molecule has 0 N–H and O–H groups in total. The third-order valence-corrected chi connectivity index (χ3v) is 3.07. The summed E-state index contributed by atoms with van der Waals surface area (Å²) in [7, 11) is 0. The van der Waals surface area contributed by atoms with Gasteiger partial charge in [-0.2, -0.15) is 13.2 Å². The van der Waals surface area contributed by atoms with Crippen molar-refractivity contribution in [2.75, 3.05) is 39.3 Å². The fourth-order valence-electron chi connectivity index (χ4n) is 1.80. The van der Waals surface area contributed by atoms with Crippen molar-refractivity contribution >= 4 is 5.78 Å². The molecule has 1 heterocycles. The van der Waals surface area contributed by atoms with Gasteiger partial charge < -0.3 is 0 Å². The Kier molecular flexibility index (Phi) is 4.78. The smallest absolute Gasteiger partial charge is 0.298 e. The molecular formula is C12H21F3N2O. The molecule has 0 spiro atoms. The van der Waals surface area contributed by atoms with E-state index < -0.39 is 12.7 Å². The van der Waals surface area contributed by atoms with E-state index in [0.717, 1.165) is 0 Å². The molecule has 1 saturated heterocycles. The lowest BCUT2D eigenvalue weighted by atomic mass is 9.90. The Bertz CT molecular complexity index is 289. The Morgan fingerprint density at radius 1 is 1.00 bits per heavy atom. The molecule has 1 aliphatic heterocycles. The van der Waals surface area contributed by atoms with E-state index in [-0.39, 0.29) is 11.2 Å². The molecule has 0 aromatic carbocycles. The Labute approximate surface area is 106 Å². The number of hydrogen-bond acceptors (Lipinski definition) is 3. The van der Waals surface area contributed by atoms with Crippen molar-refractivity contribution < 1.29 is 18.0 Å². The summed E-state index contributed by atoms with van der Waals surface area (Å²) in [6, 6.07) is 0. The van der Waals surface area contributed by atoms with Gasteiger partial charge in [-0.05, 0) is 0 Å². The van der Waals surface area contributed by atoms with Gasteiger partial charge in [0.25, 0.3) is 0 Å². The maximum Gasteiger partial charge on any atom is 0.401 e. The van der Waals surface area contributed by atoms with Crippen molar-refractivity contribution in [2.45, 2.75) is 26.9 Å². The number of piperazine rings is 1. The Morgan fingerprint density at radius 2 is 1.44 bits per heavy atom. The van der Waals surface area contributed by atoms with E-state index in [1.807, 2.05) is 25.7 Å². The van der Waals surface area contributed by atoms with Gasteiger partial charge in [-0.1, -0.05) is 20.8 Å². The summed E-state index contributed by atoms with van der Waals surface area (Å²) < 4.78 is 36.6. The molecular weight excluding hydrogens is 245 g/mol. The minimum Gasteiger partial charge on any atom is -0.298 e. The van der Waals surface area contributed by atoms with Crippen molar-refractivity contribution in [1.82, 2.24) is 9.80 Å². The van der Waals surface area contributed by atoms with E-state index in [2.05, 4.69) is 0 Å². The summed E-state index contributed by atoms with van der Waals surface area (Å²) in [5.41, 5.74) is -0.386. The first kappa shape index (κ1) is 15.4. The molecule has 1 rings (SSSR count). The maximum atomic E-state index is 12.2. The first-order chi connectivity index (χ1) is 8.08. The van der Waals surface area contributed by atoms with Crippen LogP contribution >= 0.6 is 0 Å². The molecule has 0 bridgehead atoms. The molecule has 0 aliphatic carbocycles. The number of nitrogens with zero attached hydrogens (tertiary/aromatic N) is 2. The van der Waals surface area contributed by atoms with Crippen LogP contribution < -0.4 is 0 Å². The lowest BCUT2D eigenvalue weighted by molar-refractivity contribution is -0.150. The second kappa shape index (κ2) is 5.57. The minimum atomic E-state index is -4.14. The predicted octanol–water partition coefficient (Wildman–Crippen LogP) is 1.78. The van der Waals surface area contributed by atoms with E-state index in [9.17, 15) is 18.0 Å². The normalized spacial score (nSPS) is 20.1. The van der Waals surface area contributed by atoms with Crippen LogP contribution in [0.2, 0.25) is 0 Å². The van der Waals surface area contributed by atoms with Crippen LogP contribution in [-0.4, -0.2) is 61.0 Å². The number of carbonyl (C=O) groups excluding carboxylic acids is 1. The van der Waals surface area contributed by atoms with E-state index >= 15 is 0 Å². The first-order valence-corrected chi connectivity index (χ1v) is 6.13. The minimum absolute atomic E-state index is 0.131. The molecule has 0 aromatic heterocycles. The van der Waals surface area contributed by atoms with E-state index in [4.69, 9.17) is 0 Å². The fraction of sp³-hybridized carbons (Fsp3) is 0.917. The van der Waals surface area contributed by atoms with Gasteiger partial charge in [0.05, 0.1) is 13.1 Å². The number of carbonyl (C=O) groups is 1. The lowest BCUT2D eigenvalue weighted by Gasteiger charge is -2.35. The van der Waals surface area contributed by atoms with Crippen LogP contribution in [0.1, 0.15) is 20.8 Å². The van der Waals surface area contributed by atoms with Crippen LogP contribution in [0.3, 0.4) is 0 Å². The maximum absolute atomic E-state index is 12.2. The number of halogens is 3. The van der Waals surface area contributed by atoms with Crippen molar-refractivity contribution in [3.63, 3.8) is 0 Å². The number of alkyl halides is 3. The third-order valence-electron chi connectivity index (χ3n) is 3.07. The standard InChI is InChI=1S/C12H21F3N2O/c1-11(2,3)10(18)8-16-4-6-17(7-5-16)9-12(13,14)15/h4-9H2,1-3H3. The predicted molar refractivity (Wildman–Crippen MR) is 63.4 cm³/mol. The number of hydrogen-bond donors (Lipinski definition) is 0. The highest BCUT2D eigenvalue weighted by atomic mass is 19.4. The zero-order chi connectivity index (χ0) is 14.0. The van der Waals surface area contributed by atoms with Crippen LogP contribution in [0.5, 0.6) is 0 Å². The molecule has 6 heteroatoms. The molecule has 0 radical (unpaired) electrons. The average molecular weight is 266 g/mol. The van der Waals surface area contributed by atoms with Gasteiger partial charge in [-0.25, -0.2) is 0 Å². The summed E-state index contributed by atoms with van der Waals surface area (Å²) in [5, 5.41) is 0. The van der Waals surface area contributed by atoms with Crippen LogP contribution in [0.15, 0.2) is 0 Å². The second-order valence-corrected chi connectivity index (χ2v) is 5.84. The first-order valence-electron chi connectivity index (χ1n) is 6.13. The highest BCUT2D eigenvalue weighted by molar-refractivity contribution is 5.85. The number of rotatable bonds is 3. The molecule has 106 valence electrons. The monoisotopic (exact) mass is 266 g/mol. The summed E-state index contributed by atoms with van der Waals surface area (Å²) in [4.78, 5) is 15.1. The van der Waals surface area contributed by atoms with E-state index in [1.54, 1.807) is 0 Å². The van der Waals surface area contributed by atoms with Crippen molar-refractivity contribution in [3.05, 3.63) is 0 Å². The Balaban J connectivity index is 2.34. The SMILES string of the molecule is CC(C)(C)C(=O)CN1CCN(CC(F)(F)F)CC1. The van der Waals surface area contributed by atoms with Crippen LogP contribution in [0.4, 0.5) is 13.2 Å². The highest BCUT2D eigenvalue weighted by Crippen LogP contribution is 2.19. The van der Waals surface area contributed by atoms with Crippen LogP contribution in [-0.2, 0) is 4.79 Å². The largest absolute Gasteiger partial charge is 0.401 e. The van der Waals surface area contributed by atoms with Crippen molar-refractivity contribution in [1.29, 1.82) is 0 Å². The van der Waals surface area contributed by atoms with Crippen LogP contribution in [0, 0.1) is 5.41 Å². The quantitative estimate of drug-likeness (QED) is 0.778. The molecule has 0 aromatic rings. The van der Waals surface area contributed by atoms with Crippen molar-refractivity contribution in [3.8, 4) is 0 Å². The number of ketones is 1. The molecule has 0 amide bonds. The molecule has 1 aliphatic rings. The van der Waals surface area contributed by atoms with Gasteiger partial charge in [-0.3, -0.25) is 14.6 Å². The van der Waals surface area contributed by atoms with Gasteiger partial charge >= 0.3 is 6.18 Å². The van der Waals surface area contributed by atoms with Gasteiger partial charge in [-0.15, -0.1) is 0 Å². The number of Topliss-reactive ketones (excluding diaryl/α,β-unsaturated/α-hetero) is 1. The third kappa shape index (κ3) is 5.35. The topological polar surface area (TPSA) is 23.6 Å². The fourth-order valence-corrected chi connectivity index (χ4v) is 1.80. The average Bonchev–Trinajstić information content (AvgIpc) is 2.17. The summed E-state index contributed by atoms with van der Waals surface area (Å²) in [6.45, 7) is 6.85. The van der Waals surface area contributed by atoms with Gasteiger partial charge in [0.15, 0.2) is 5.78 Å². The Morgan fingerprint density at radius 3 is 1.83 bits per heavy atom. The van der Waals surface area contributed by atoms with Gasteiger partial charge in [0, 0.05) is 31.6 Å². The molecule has 18 heavy (non-hydrogen) atoms. The molecule has 0 unspecified atom stereocenters. The molecule has 3 nitrogen and oxygen atoms in total. The second-order valence-electron chi connectivity index (χ2n) is 5.84. The molecule has 0 atom stereocenters. The summed E-state index contributed by atoms with van der Waals surface area (Å²) >= 11 is 0.